The first kappa shape index (κ1) is 21.6. The molecule has 0 bridgehead atoms. The summed E-state index contributed by atoms with van der Waals surface area (Å²) in [6.07, 6.45) is 8.19. The van der Waals surface area contributed by atoms with E-state index in [0.29, 0.717) is 11.6 Å². The van der Waals surface area contributed by atoms with Crippen molar-refractivity contribution in [3.63, 3.8) is 0 Å². The average Bonchev–Trinajstić information content (AvgIpc) is 3.29. The van der Waals surface area contributed by atoms with Crippen LogP contribution < -0.4 is 4.90 Å². The second kappa shape index (κ2) is 8.36. The van der Waals surface area contributed by atoms with Gasteiger partial charge in [0.15, 0.2) is 0 Å². The Balaban J connectivity index is 1.33. The van der Waals surface area contributed by atoms with Gasteiger partial charge in [-0.2, -0.15) is 0 Å². The van der Waals surface area contributed by atoms with Crippen molar-refractivity contribution in [2.45, 2.75) is 44.3 Å². The van der Waals surface area contributed by atoms with E-state index in [1.165, 1.54) is 0 Å². The quantitative estimate of drug-likeness (QED) is 0.525. The van der Waals surface area contributed by atoms with Gasteiger partial charge in [0.05, 0.1) is 24.1 Å². The van der Waals surface area contributed by atoms with Crippen molar-refractivity contribution < 1.29 is 4.79 Å². The van der Waals surface area contributed by atoms with E-state index in [1.807, 2.05) is 47.5 Å². The molecule has 6 rings (SSSR count). The number of aliphatic imine (C=N–C) groups is 1. The number of aromatic nitrogens is 2. The number of imidazole rings is 1. The van der Waals surface area contributed by atoms with Gasteiger partial charge < -0.3 is 9.47 Å². The molecule has 34 heavy (non-hydrogen) atoms. The highest BCUT2D eigenvalue weighted by Gasteiger charge is 2.58. The molecule has 1 spiro atoms. The first-order valence-electron chi connectivity index (χ1n) is 12.1. The maximum Gasteiger partial charge on any atom is 0.240 e. The summed E-state index contributed by atoms with van der Waals surface area (Å²) in [6.45, 7) is 5.74. The number of amides is 1. The third-order valence-electron chi connectivity index (χ3n) is 7.42. The van der Waals surface area contributed by atoms with Gasteiger partial charge in [-0.25, -0.2) is 4.98 Å². The molecule has 3 aromatic rings. The van der Waals surface area contributed by atoms with Crippen molar-refractivity contribution in [3.8, 4) is 0 Å². The monoisotopic (exact) mass is 473 g/mol. The predicted octanol–water partition coefficient (Wildman–Crippen LogP) is 4.60. The number of halogens is 1. The number of unbranched alkanes of at least 4 members (excludes halogenated alkanes) is 1. The fourth-order valence-electron chi connectivity index (χ4n) is 5.63. The number of likely N-dealkylation sites (tertiary alicyclic amines) is 1. The summed E-state index contributed by atoms with van der Waals surface area (Å²) in [7, 11) is 0. The molecule has 1 aromatic heterocycles. The number of hydrogen-bond donors (Lipinski definition) is 0. The molecule has 0 N–H and O–H groups in total. The average molecular weight is 474 g/mol. The van der Waals surface area contributed by atoms with Crippen molar-refractivity contribution in [1.82, 2.24) is 14.5 Å². The van der Waals surface area contributed by atoms with Crippen LogP contribution >= 0.6 is 11.6 Å². The smallest absolute Gasteiger partial charge is 0.240 e. The molecule has 1 unspecified atom stereocenters. The standard InChI is InChI=1S/C27H28ClN5O/c1-2-3-13-32-24-11-10-19(28)14-22(24)30-25(32)16-33-23-9-5-4-8-21(23)27(26(33)34)17-31(18-27)20-7-6-12-29-15-20/h4-12,14,20H,2-3,13,15-18H2,1H3. The van der Waals surface area contributed by atoms with Gasteiger partial charge in [0.25, 0.3) is 0 Å². The van der Waals surface area contributed by atoms with Crippen LogP contribution in [0.3, 0.4) is 0 Å². The fourth-order valence-corrected chi connectivity index (χ4v) is 5.79. The van der Waals surface area contributed by atoms with Gasteiger partial charge in [-0.1, -0.05) is 49.2 Å². The van der Waals surface area contributed by atoms with E-state index in [1.54, 1.807) is 0 Å². The van der Waals surface area contributed by atoms with Gasteiger partial charge in [0.2, 0.25) is 5.91 Å². The molecule has 6 nitrogen and oxygen atoms in total. The molecular weight excluding hydrogens is 446 g/mol. The molecule has 3 aliphatic rings. The van der Waals surface area contributed by atoms with E-state index in [0.717, 1.165) is 67.1 Å². The Hall–Kier alpha value is -2.96. The number of hydrogen-bond acceptors (Lipinski definition) is 4. The number of aryl methyl sites for hydroxylation is 1. The second-order valence-electron chi connectivity index (χ2n) is 9.53. The lowest BCUT2D eigenvalue weighted by molar-refractivity contribution is -0.130. The third kappa shape index (κ3) is 3.31. The summed E-state index contributed by atoms with van der Waals surface area (Å²) in [6, 6.07) is 14.4. The van der Waals surface area contributed by atoms with Crippen LogP contribution in [-0.4, -0.2) is 52.2 Å². The molecule has 174 valence electrons. The summed E-state index contributed by atoms with van der Waals surface area (Å²) < 4.78 is 2.26. The Morgan fingerprint density at radius 3 is 2.82 bits per heavy atom. The molecule has 3 aliphatic heterocycles. The summed E-state index contributed by atoms with van der Waals surface area (Å²) >= 11 is 6.25. The minimum atomic E-state index is -0.477. The molecule has 0 aliphatic carbocycles. The molecule has 1 amide bonds. The van der Waals surface area contributed by atoms with Crippen molar-refractivity contribution in [2.24, 2.45) is 4.99 Å². The first-order chi connectivity index (χ1) is 16.6. The Morgan fingerprint density at radius 2 is 2.03 bits per heavy atom. The number of benzene rings is 2. The second-order valence-corrected chi connectivity index (χ2v) is 9.96. The molecule has 2 aromatic carbocycles. The number of nitrogens with zero attached hydrogens (tertiary/aromatic N) is 5. The highest BCUT2D eigenvalue weighted by atomic mass is 35.5. The third-order valence-corrected chi connectivity index (χ3v) is 7.66. The zero-order valence-corrected chi connectivity index (χ0v) is 20.1. The molecule has 1 saturated heterocycles. The molecular formula is C27H28ClN5O. The molecule has 1 fully saturated rings. The van der Waals surface area contributed by atoms with Gasteiger partial charge in [-0.15, -0.1) is 0 Å². The normalized spacial score (nSPS) is 20.9. The number of rotatable bonds is 6. The number of carbonyl (C=O) groups excluding carboxylic acids is 1. The summed E-state index contributed by atoms with van der Waals surface area (Å²) in [5, 5.41) is 0.677. The van der Waals surface area contributed by atoms with Crippen LogP contribution in [0.25, 0.3) is 11.0 Å². The summed E-state index contributed by atoms with van der Waals surface area (Å²) in [4.78, 5) is 27.6. The number of allylic oxidation sites excluding steroid dienone is 1. The van der Waals surface area contributed by atoms with E-state index in [-0.39, 0.29) is 11.9 Å². The van der Waals surface area contributed by atoms with Crippen LogP contribution in [0, 0.1) is 0 Å². The van der Waals surface area contributed by atoms with Crippen LogP contribution in [0.4, 0.5) is 5.69 Å². The Morgan fingerprint density at radius 1 is 1.18 bits per heavy atom. The lowest BCUT2D eigenvalue weighted by Gasteiger charge is -2.49. The summed E-state index contributed by atoms with van der Waals surface area (Å²) in [5.74, 6) is 1.09. The number of fused-ring (bicyclic) bond motifs is 3. The SMILES string of the molecule is CCCCn1c(CN2C(=O)C3(CN(C4C=CC=NC4)C3)c3ccccc32)nc2cc(Cl)ccc21. The molecule has 4 heterocycles. The molecule has 7 heteroatoms. The lowest BCUT2D eigenvalue weighted by atomic mass is 9.73. The van der Waals surface area contributed by atoms with Crippen molar-refractivity contribution in [2.75, 3.05) is 24.5 Å². The minimum absolute atomic E-state index is 0.181. The predicted molar refractivity (Wildman–Crippen MR) is 137 cm³/mol. The van der Waals surface area contributed by atoms with Crippen LogP contribution in [0.2, 0.25) is 5.02 Å². The lowest BCUT2D eigenvalue weighted by Crippen LogP contribution is -2.66. The van der Waals surface area contributed by atoms with Crippen LogP contribution in [0.1, 0.15) is 31.2 Å². The fraction of sp³-hybridized carbons (Fsp3) is 0.370. The molecule has 0 saturated carbocycles. The zero-order chi connectivity index (χ0) is 23.3. The van der Waals surface area contributed by atoms with E-state index >= 15 is 0 Å². The van der Waals surface area contributed by atoms with Crippen LogP contribution in [-0.2, 0) is 23.3 Å². The van der Waals surface area contributed by atoms with E-state index in [9.17, 15) is 4.79 Å². The van der Waals surface area contributed by atoms with E-state index < -0.39 is 5.41 Å². The number of anilines is 1. The van der Waals surface area contributed by atoms with E-state index in [4.69, 9.17) is 16.6 Å². The summed E-state index contributed by atoms with van der Waals surface area (Å²) in [5.41, 5.74) is 3.62. The van der Waals surface area contributed by atoms with E-state index in [2.05, 4.69) is 39.6 Å². The highest BCUT2D eigenvalue weighted by Crippen LogP contribution is 2.48. The van der Waals surface area contributed by atoms with Gasteiger partial charge in [0, 0.05) is 42.6 Å². The highest BCUT2D eigenvalue weighted by molar-refractivity contribution is 6.31. The van der Waals surface area contributed by atoms with Crippen molar-refractivity contribution in [3.05, 3.63) is 71.0 Å². The number of carbonyl (C=O) groups is 1. The minimum Gasteiger partial charge on any atom is -0.326 e. The van der Waals surface area contributed by atoms with Crippen molar-refractivity contribution >= 4 is 40.4 Å². The zero-order valence-electron chi connectivity index (χ0n) is 19.3. The van der Waals surface area contributed by atoms with Gasteiger partial charge in [-0.3, -0.25) is 14.7 Å². The molecule has 0 radical (unpaired) electrons. The number of para-hydroxylation sites is 1. The Bertz CT molecular complexity index is 1320. The number of dihydropyridines is 1. The Kier molecular flexibility index (Phi) is 5.30. The topological polar surface area (TPSA) is 53.7 Å². The van der Waals surface area contributed by atoms with Crippen LogP contribution in [0.5, 0.6) is 0 Å². The van der Waals surface area contributed by atoms with Gasteiger partial charge in [-0.05, 0) is 42.3 Å². The first-order valence-corrected chi connectivity index (χ1v) is 12.5. The van der Waals surface area contributed by atoms with Crippen molar-refractivity contribution in [1.29, 1.82) is 0 Å². The molecule has 1 atom stereocenters. The van der Waals surface area contributed by atoms with Gasteiger partial charge >= 0.3 is 0 Å². The maximum absolute atomic E-state index is 14.0. The van der Waals surface area contributed by atoms with Gasteiger partial charge in [0.1, 0.15) is 11.2 Å². The maximum atomic E-state index is 14.0. The van der Waals surface area contributed by atoms with Crippen LogP contribution in [0.15, 0.2) is 59.6 Å². The largest absolute Gasteiger partial charge is 0.326 e. The Labute approximate surface area is 204 Å².